The molecule has 1 fully saturated rings. The molecule has 1 aliphatic rings. The van der Waals surface area contributed by atoms with Crippen LogP contribution in [0.5, 0.6) is 5.75 Å². The molecule has 3 nitrogen and oxygen atoms in total. The monoisotopic (exact) mass is 268 g/mol. The highest BCUT2D eigenvalue weighted by atomic mass is 35.5. The lowest BCUT2D eigenvalue weighted by Crippen LogP contribution is -2.52. The molecule has 2 rings (SSSR count). The minimum Gasteiger partial charge on any atom is -0.497 e. The van der Waals surface area contributed by atoms with Crippen LogP contribution in [0.3, 0.4) is 0 Å². The number of halogens is 1. The van der Waals surface area contributed by atoms with Crippen LogP contribution in [-0.2, 0) is 9.31 Å². The number of methoxy groups -OCH3 is 1. The summed E-state index contributed by atoms with van der Waals surface area (Å²) in [5.41, 5.74) is 0.602. The maximum Gasteiger partial charge on any atom is 0.496 e. The van der Waals surface area contributed by atoms with E-state index in [1.165, 1.54) is 0 Å². The van der Waals surface area contributed by atoms with Gasteiger partial charge in [-0.25, -0.2) is 0 Å². The zero-order valence-electron chi connectivity index (χ0n) is 11.2. The topological polar surface area (TPSA) is 27.7 Å². The van der Waals surface area contributed by atoms with Gasteiger partial charge in [0.15, 0.2) is 0 Å². The van der Waals surface area contributed by atoms with Gasteiger partial charge in [-0.15, -0.1) is 0 Å². The lowest BCUT2D eigenvalue weighted by atomic mass is 9.75. The van der Waals surface area contributed by atoms with E-state index in [1.54, 1.807) is 13.2 Å². The van der Waals surface area contributed by atoms with E-state index in [1.807, 2.05) is 19.1 Å². The summed E-state index contributed by atoms with van der Waals surface area (Å²) in [6.45, 7) is 6.17. The zero-order chi connectivity index (χ0) is 13.3. The minimum absolute atomic E-state index is 0.140. The van der Waals surface area contributed by atoms with Gasteiger partial charge in [-0.3, -0.25) is 0 Å². The van der Waals surface area contributed by atoms with Gasteiger partial charge in [-0.1, -0.05) is 11.6 Å². The first kappa shape index (κ1) is 13.7. The Bertz CT molecular complexity index is 436. The molecule has 0 saturated carbocycles. The summed E-state index contributed by atoms with van der Waals surface area (Å²) >= 11 is 6.21. The molecule has 1 unspecified atom stereocenters. The second-order valence-corrected chi connectivity index (χ2v) is 5.65. The van der Waals surface area contributed by atoms with Gasteiger partial charge >= 0.3 is 7.12 Å². The van der Waals surface area contributed by atoms with Crippen LogP contribution in [0.1, 0.15) is 27.2 Å². The van der Waals surface area contributed by atoms with Crippen LogP contribution >= 0.6 is 11.6 Å². The van der Waals surface area contributed by atoms with Crippen molar-refractivity contribution in [3.8, 4) is 5.75 Å². The molecule has 98 valence electrons. The molecule has 0 radical (unpaired) electrons. The van der Waals surface area contributed by atoms with Gasteiger partial charge in [0.1, 0.15) is 5.75 Å². The maximum absolute atomic E-state index is 6.21. The van der Waals surface area contributed by atoms with Gasteiger partial charge in [-0.2, -0.15) is 0 Å². The summed E-state index contributed by atoms with van der Waals surface area (Å²) in [5, 5.41) is 0.630. The second kappa shape index (κ2) is 5.12. The molecule has 1 aromatic rings. The predicted molar refractivity (Wildman–Crippen MR) is 73.7 cm³/mol. The van der Waals surface area contributed by atoms with Crippen molar-refractivity contribution in [3.63, 3.8) is 0 Å². The SMILES string of the molecule is COc1ccc(Cl)c(B2OC(C)CC(C)(C)O2)c1. The van der Waals surface area contributed by atoms with Gasteiger partial charge in [0.05, 0.1) is 12.7 Å². The lowest BCUT2D eigenvalue weighted by Gasteiger charge is -2.38. The van der Waals surface area contributed by atoms with Crippen molar-refractivity contribution in [1.29, 1.82) is 0 Å². The summed E-state index contributed by atoms with van der Waals surface area (Å²) in [4.78, 5) is 0. The normalized spacial score (nSPS) is 22.9. The molecule has 1 saturated heterocycles. The summed E-state index contributed by atoms with van der Waals surface area (Å²) in [7, 11) is 1.19. The molecule has 0 aromatic heterocycles. The summed E-state index contributed by atoms with van der Waals surface area (Å²) in [6, 6.07) is 5.49. The molecular weight excluding hydrogens is 250 g/mol. The number of hydrogen-bond donors (Lipinski definition) is 0. The second-order valence-electron chi connectivity index (χ2n) is 5.25. The van der Waals surface area contributed by atoms with Crippen LogP contribution in [0.2, 0.25) is 5.02 Å². The van der Waals surface area contributed by atoms with Crippen molar-refractivity contribution in [2.75, 3.05) is 7.11 Å². The number of ether oxygens (including phenoxy) is 1. The van der Waals surface area contributed by atoms with Crippen molar-refractivity contribution in [2.24, 2.45) is 0 Å². The van der Waals surface area contributed by atoms with Crippen LogP contribution in [0.15, 0.2) is 18.2 Å². The number of hydrogen-bond acceptors (Lipinski definition) is 3. The average Bonchev–Trinajstić information content (AvgIpc) is 2.27. The fraction of sp³-hybridized carbons (Fsp3) is 0.538. The Morgan fingerprint density at radius 3 is 2.78 bits per heavy atom. The fourth-order valence-corrected chi connectivity index (χ4v) is 2.49. The van der Waals surface area contributed by atoms with E-state index in [9.17, 15) is 0 Å². The van der Waals surface area contributed by atoms with Gasteiger partial charge in [0.2, 0.25) is 0 Å². The molecule has 1 heterocycles. The highest BCUT2D eigenvalue weighted by Gasteiger charge is 2.39. The average molecular weight is 269 g/mol. The third-order valence-electron chi connectivity index (χ3n) is 3.02. The predicted octanol–water partition coefficient (Wildman–Crippen LogP) is 2.65. The van der Waals surface area contributed by atoms with Crippen molar-refractivity contribution in [1.82, 2.24) is 0 Å². The molecule has 1 atom stereocenters. The number of rotatable bonds is 2. The van der Waals surface area contributed by atoms with E-state index in [0.717, 1.165) is 17.6 Å². The zero-order valence-corrected chi connectivity index (χ0v) is 12.0. The highest BCUT2D eigenvalue weighted by Crippen LogP contribution is 2.27. The third-order valence-corrected chi connectivity index (χ3v) is 3.36. The van der Waals surface area contributed by atoms with Gasteiger partial charge in [0, 0.05) is 16.6 Å². The van der Waals surface area contributed by atoms with E-state index in [2.05, 4.69) is 13.8 Å². The van der Waals surface area contributed by atoms with E-state index < -0.39 is 7.12 Å². The Kier molecular flexibility index (Phi) is 3.90. The van der Waals surface area contributed by atoms with Crippen LogP contribution in [0.4, 0.5) is 0 Å². The van der Waals surface area contributed by atoms with Crippen LogP contribution < -0.4 is 10.2 Å². The van der Waals surface area contributed by atoms with Crippen LogP contribution in [0, 0.1) is 0 Å². The van der Waals surface area contributed by atoms with Crippen molar-refractivity contribution >= 4 is 24.2 Å². The van der Waals surface area contributed by atoms with E-state index in [4.69, 9.17) is 25.6 Å². The molecule has 5 heteroatoms. The van der Waals surface area contributed by atoms with Gasteiger partial charge in [0.25, 0.3) is 0 Å². The first-order chi connectivity index (χ1) is 8.41. The molecule has 0 N–H and O–H groups in total. The van der Waals surface area contributed by atoms with E-state index in [0.29, 0.717) is 5.02 Å². The van der Waals surface area contributed by atoms with Crippen molar-refractivity contribution < 1.29 is 14.0 Å². The Balaban J connectivity index is 2.30. The summed E-state index contributed by atoms with van der Waals surface area (Å²) in [5.74, 6) is 0.748. The molecule has 0 spiro atoms. The Morgan fingerprint density at radius 2 is 2.17 bits per heavy atom. The minimum atomic E-state index is -0.439. The van der Waals surface area contributed by atoms with Crippen molar-refractivity contribution in [2.45, 2.75) is 38.9 Å². The van der Waals surface area contributed by atoms with Crippen LogP contribution in [-0.4, -0.2) is 25.9 Å². The third kappa shape index (κ3) is 3.00. The molecule has 1 aliphatic heterocycles. The first-order valence-electron chi connectivity index (χ1n) is 6.08. The maximum atomic E-state index is 6.21. The highest BCUT2D eigenvalue weighted by molar-refractivity contribution is 6.65. The Morgan fingerprint density at radius 1 is 1.44 bits per heavy atom. The van der Waals surface area contributed by atoms with E-state index in [-0.39, 0.29) is 11.7 Å². The molecular formula is C13H18BClO3. The molecule has 1 aromatic carbocycles. The van der Waals surface area contributed by atoms with Crippen molar-refractivity contribution in [3.05, 3.63) is 23.2 Å². The quantitative estimate of drug-likeness (QED) is 0.772. The molecule has 0 bridgehead atoms. The number of benzene rings is 1. The smallest absolute Gasteiger partial charge is 0.496 e. The summed E-state index contributed by atoms with van der Waals surface area (Å²) in [6.07, 6.45) is 1.01. The van der Waals surface area contributed by atoms with Gasteiger partial charge in [-0.05, 0) is 45.4 Å². The van der Waals surface area contributed by atoms with Gasteiger partial charge < -0.3 is 14.0 Å². The molecule has 0 amide bonds. The fourth-order valence-electron chi connectivity index (χ4n) is 2.28. The lowest BCUT2D eigenvalue weighted by molar-refractivity contribution is -0.0229. The van der Waals surface area contributed by atoms with Crippen LogP contribution in [0.25, 0.3) is 0 Å². The molecule has 18 heavy (non-hydrogen) atoms. The first-order valence-corrected chi connectivity index (χ1v) is 6.46. The Hall–Kier alpha value is -0.705. The standard InChI is InChI=1S/C13H18BClO3/c1-9-8-13(2,3)18-14(17-9)11-7-10(16-4)5-6-12(11)15/h5-7,9H,8H2,1-4H3. The largest absolute Gasteiger partial charge is 0.497 e. The molecule has 0 aliphatic carbocycles. The summed E-state index contributed by atoms with van der Waals surface area (Å²) < 4.78 is 17.0. The van der Waals surface area contributed by atoms with E-state index >= 15 is 0 Å². The Labute approximate surface area is 114 Å².